The summed E-state index contributed by atoms with van der Waals surface area (Å²) < 4.78 is 0. The van der Waals surface area contributed by atoms with E-state index in [-0.39, 0.29) is 0 Å². The number of hydrogen-bond donors (Lipinski definition) is 1. The van der Waals surface area contributed by atoms with Gasteiger partial charge in [0.15, 0.2) is 0 Å². The van der Waals surface area contributed by atoms with Gasteiger partial charge in [-0.2, -0.15) is 5.26 Å². The van der Waals surface area contributed by atoms with Crippen LogP contribution < -0.4 is 4.90 Å². The first-order valence-corrected chi connectivity index (χ1v) is 9.96. The molecule has 5 heteroatoms. The fourth-order valence-electron chi connectivity index (χ4n) is 4.08. The minimum absolute atomic E-state index is 0.361. The lowest BCUT2D eigenvalue weighted by atomic mass is 9.97. The van der Waals surface area contributed by atoms with Crippen LogP contribution in [0.15, 0.2) is 66.9 Å². The van der Waals surface area contributed by atoms with E-state index in [1.54, 1.807) is 0 Å². The van der Waals surface area contributed by atoms with Crippen LogP contribution in [0.4, 0.5) is 5.82 Å². The van der Waals surface area contributed by atoms with Crippen LogP contribution >= 0.6 is 0 Å². The second kappa shape index (κ2) is 7.40. The van der Waals surface area contributed by atoms with Gasteiger partial charge in [-0.3, -0.25) is 0 Å². The second-order valence-corrected chi connectivity index (χ2v) is 7.52. The van der Waals surface area contributed by atoms with E-state index in [1.807, 2.05) is 42.6 Å². The Morgan fingerprint density at radius 3 is 2.83 bits per heavy atom. The Bertz CT molecular complexity index is 1190. The number of pyridine rings is 1. The third kappa shape index (κ3) is 3.45. The van der Waals surface area contributed by atoms with Crippen molar-refractivity contribution in [1.82, 2.24) is 15.0 Å². The van der Waals surface area contributed by atoms with Crippen LogP contribution in [0.5, 0.6) is 0 Å². The van der Waals surface area contributed by atoms with Crippen molar-refractivity contribution >= 4 is 16.7 Å². The summed E-state index contributed by atoms with van der Waals surface area (Å²) in [6.07, 6.45) is 4.17. The molecule has 0 aliphatic carbocycles. The average Bonchev–Trinajstić information content (AvgIpc) is 3.29. The van der Waals surface area contributed by atoms with Crippen molar-refractivity contribution in [2.24, 2.45) is 0 Å². The van der Waals surface area contributed by atoms with Gasteiger partial charge in [0.2, 0.25) is 0 Å². The van der Waals surface area contributed by atoms with E-state index in [4.69, 9.17) is 10.2 Å². The molecule has 1 saturated heterocycles. The fourth-order valence-corrected chi connectivity index (χ4v) is 4.08. The molecule has 0 bridgehead atoms. The molecular formula is C24H21N5. The van der Waals surface area contributed by atoms with Crippen molar-refractivity contribution in [3.05, 3.63) is 78.2 Å². The predicted molar refractivity (Wildman–Crippen MR) is 115 cm³/mol. The largest absolute Gasteiger partial charge is 0.356 e. The quantitative estimate of drug-likeness (QED) is 0.551. The lowest BCUT2D eigenvalue weighted by Gasteiger charge is -2.32. The molecule has 0 radical (unpaired) electrons. The third-order valence-corrected chi connectivity index (χ3v) is 5.62. The number of aromatic amines is 1. The van der Waals surface area contributed by atoms with Crippen molar-refractivity contribution in [3.63, 3.8) is 0 Å². The highest BCUT2D eigenvalue weighted by molar-refractivity contribution is 5.81. The number of H-pyrrole nitrogens is 1. The van der Waals surface area contributed by atoms with Gasteiger partial charge in [-0.1, -0.05) is 30.3 Å². The molecule has 5 nitrogen and oxygen atoms in total. The molecule has 3 heterocycles. The summed E-state index contributed by atoms with van der Waals surface area (Å²) in [6, 6.07) is 22.3. The highest BCUT2D eigenvalue weighted by Gasteiger charge is 2.24. The number of piperidine rings is 1. The first-order chi connectivity index (χ1) is 14.3. The molecule has 1 fully saturated rings. The van der Waals surface area contributed by atoms with E-state index < -0.39 is 0 Å². The van der Waals surface area contributed by atoms with Crippen LogP contribution in [0.25, 0.3) is 22.2 Å². The Morgan fingerprint density at radius 1 is 1.07 bits per heavy atom. The van der Waals surface area contributed by atoms with Crippen LogP contribution in [0.1, 0.15) is 30.1 Å². The smallest absolute Gasteiger partial charge is 0.129 e. The third-order valence-electron chi connectivity index (χ3n) is 5.62. The van der Waals surface area contributed by atoms with Crippen LogP contribution in [-0.2, 0) is 0 Å². The van der Waals surface area contributed by atoms with Crippen molar-refractivity contribution in [1.29, 1.82) is 5.26 Å². The number of nitrogens with zero attached hydrogens (tertiary/aromatic N) is 4. The van der Waals surface area contributed by atoms with E-state index in [0.29, 0.717) is 11.5 Å². The van der Waals surface area contributed by atoms with E-state index in [0.717, 1.165) is 59.7 Å². The molecule has 5 rings (SSSR count). The fraction of sp³-hybridized carbons (Fsp3) is 0.208. The lowest BCUT2D eigenvalue weighted by molar-refractivity contribution is 0.492. The van der Waals surface area contributed by atoms with Crippen LogP contribution in [0.3, 0.4) is 0 Å². The Kier molecular flexibility index (Phi) is 4.45. The van der Waals surface area contributed by atoms with Gasteiger partial charge >= 0.3 is 0 Å². The summed E-state index contributed by atoms with van der Waals surface area (Å²) in [4.78, 5) is 15.4. The van der Waals surface area contributed by atoms with E-state index >= 15 is 0 Å². The highest BCUT2D eigenvalue weighted by atomic mass is 15.2. The van der Waals surface area contributed by atoms with Crippen LogP contribution in [0, 0.1) is 11.3 Å². The average molecular weight is 379 g/mol. The number of hydrogen-bond acceptors (Lipinski definition) is 4. The Morgan fingerprint density at radius 2 is 1.97 bits per heavy atom. The standard InChI is InChI=1S/C24H21N5/c25-14-17-8-10-21-19(13-17)9-11-23(27-21)29-12-4-7-20(16-29)24-26-15-22(28-24)18-5-2-1-3-6-18/h1-3,5-6,8-11,13,15,20H,4,7,12,16H2,(H,26,28). The zero-order chi connectivity index (χ0) is 19.6. The summed E-state index contributed by atoms with van der Waals surface area (Å²) in [7, 11) is 0. The number of anilines is 1. The molecule has 0 spiro atoms. The summed E-state index contributed by atoms with van der Waals surface area (Å²) in [6.45, 7) is 1.90. The number of nitrogens with one attached hydrogen (secondary N) is 1. The number of rotatable bonds is 3. The topological polar surface area (TPSA) is 68.6 Å². The molecule has 0 saturated carbocycles. The van der Waals surface area contributed by atoms with Gasteiger partial charge in [-0.25, -0.2) is 9.97 Å². The Balaban J connectivity index is 1.38. The molecular weight excluding hydrogens is 358 g/mol. The van der Waals surface area contributed by atoms with Gasteiger partial charge in [-0.15, -0.1) is 0 Å². The van der Waals surface area contributed by atoms with E-state index in [9.17, 15) is 0 Å². The van der Waals surface area contributed by atoms with Crippen molar-refractivity contribution < 1.29 is 0 Å². The first kappa shape index (κ1) is 17.4. The van der Waals surface area contributed by atoms with E-state index in [2.05, 4.69) is 45.2 Å². The summed E-state index contributed by atoms with van der Waals surface area (Å²) in [5.41, 5.74) is 3.81. The maximum Gasteiger partial charge on any atom is 0.129 e. The maximum absolute atomic E-state index is 9.08. The molecule has 1 aliphatic heterocycles. The van der Waals surface area contributed by atoms with Gasteiger partial charge in [0.05, 0.1) is 29.0 Å². The zero-order valence-electron chi connectivity index (χ0n) is 16.0. The molecule has 4 aromatic rings. The summed E-state index contributed by atoms with van der Waals surface area (Å²) in [5, 5.41) is 10.1. The normalized spacial score (nSPS) is 16.7. The maximum atomic E-state index is 9.08. The number of benzene rings is 2. The molecule has 29 heavy (non-hydrogen) atoms. The molecule has 2 aromatic heterocycles. The van der Waals surface area contributed by atoms with E-state index in [1.165, 1.54) is 0 Å². The highest BCUT2D eigenvalue weighted by Crippen LogP contribution is 2.30. The minimum Gasteiger partial charge on any atom is -0.356 e. The van der Waals surface area contributed by atoms with Gasteiger partial charge in [0.1, 0.15) is 11.6 Å². The Labute approximate surface area is 169 Å². The first-order valence-electron chi connectivity index (χ1n) is 9.96. The molecule has 0 amide bonds. The minimum atomic E-state index is 0.361. The molecule has 2 aromatic carbocycles. The zero-order valence-corrected chi connectivity index (χ0v) is 16.0. The molecule has 142 valence electrons. The summed E-state index contributed by atoms with van der Waals surface area (Å²) in [5.74, 6) is 2.40. The van der Waals surface area contributed by atoms with Crippen molar-refractivity contribution in [3.8, 4) is 17.3 Å². The van der Waals surface area contributed by atoms with Crippen LogP contribution in [-0.4, -0.2) is 28.0 Å². The van der Waals surface area contributed by atoms with Gasteiger partial charge < -0.3 is 9.88 Å². The van der Waals surface area contributed by atoms with Gasteiger partial charge in [0.25, 0.3) is 0 Å². The Hall–Kier alpha value is -3.65. The molecule has 1 unspecified atom stereocenters. The molecule has 1 atom stereocenters. The monoisotopic (exact) mass is 379 g/mol. The number of imidazole rings is 1. The number of fused-ring (bicyclic) bond motifs is 1. The van der Waals surface area contributed by atoms with Gasteiger partial charge in [0, 0.05) is 24.4 Å². The number of nitriles is 1. The van der Waals surface area contributed by atoms with Crippen molar-refractivity contribution in [2.75, 3.05) is 18.0 Å². The van der Waals surface area contributed by atoms with Crippen LogP contribution in [0.2, 0.25) is 0 Å². The number of aromatic nitrogens is 3. The second-order valence-electron chi connectivity index (χ2n) is 7.52. The summed E-state index contributed by atoms with van der Waals surface area (Å²) >= 11 is 0. The van der Waals surface area contributed by atoms with Crippen molar-refractivity contribution in [2.45, 2.75) is 18.8 Å². The predicted octanol–water partition coefficient (Wildman–Crippen LogP) is 4.88. The SMILES string of the molecule is N#Cc1ccc2nc(N3CCCC(c4ncc(-c5ccccc5)[nH]4)C3)ccc2c1. The molecule has 1 aliphatic rings. The lowest BCUT2D eigenvalue weighted by Crippen LogP contribution is -2.35. The van der Waals surface area contributed by atoms with Gasteiger partial charge in [-0.05, 0) is 48.7 Å². The molecule has 1 N–H and O–H groups in total.